The van der Waals surface area contributed by atoms with Gasteiger partial charge in [0.25, 0.3) is 0 Å². The molecule has 96 valence electrons. The lowest BCUT2D eigenvalue weighted by atomic mass is 9.89. The molecule has 17 heavy (non-hydrogen) atoms. The average molecular weight is 241 g/mol. The third-order valence-corrected chi connectivity index (χ3v) is 3.60. The monoisotopic (exact) mass is 241 g/mol. The van der Waals surface area contributed by atoms with Crippen LogP contribution in [0.15, 0.2) is 0 Å². The van der Waals surface area contributed by atoms with Crippen LogP contribution in [0.3, 0.4) is 0 Å². The van der Waals surface area contributed by atoms with Crippen molar-refractivity contribution in [3.63, 3.8) is 0 Å². The van der Waals surface area contributed by atoms with E-state index in [0.29, 0.717) is 13.2 Å². The maximum absolute atomic E-state index is 11.8. The molecule has 1 amide bonds. The molecule has 0 N–H and O–H groups in total. The predicted molar refractivity (Wildman–Crippen MR) is 60.4 cm³/mol. The first-order valence-corrected chi connectivity index (χ1v) is 6.30. The number of carbonyl (C=O) groups is 2. The number of carbonyl (C=O) groups excluding carboxylic acids is 2. The van der Waals surface area contributed by atoms with Crippen LogP contribution in [0.2, 0.25) is 0 Å². The van der Waals surface area contributed by atoms with E-state index in [1.807, 2.05) is 0 Å². The van der Waals surface area contributed by atoms with Gasteiger partial charge in [0.05, 0.1) is 19.1 Å². The zero-order valence-electron chi connectivity index (χ0n) is 10.3. The number of hydrogen-bond donors (Lipinski definition) is 0. The molecule has 0 aromatic heterocycles. The Kier molecular flexibility index (Phi) is 3.54. The lowest BCUT2D eigenvalue weighted by Gasteiger charge is -2.22. The van der Waals surface area contributed by atoms with E-state index in [2.05, 4.69) is 0 Å². The number of nitrogens with zero attached hydrogens (tertiary/aromatic N) is 1. The SMILES string of the molecule is CCOC(=O)C1C[C@@H]2CC[C@H]1N2C(=O)OCC. The third-order valence-electron chi connectivity index (χ3n) is 3.60. The number of hydrogen-bond acceptors (Lipinski definition) is 4. The van der Waals surface area contributed by atoms with Gasteiger partial charge in [-0.3, -0.25) is 4.79 Å². The smallest absolute Gasteiger partial charge is 0.410 e. The number of ether oxygens (including phenoxy) is 2. The second kappa shape index (κ2) is 4.94. The first-order chi connectivity index (χ1) is 8.19. The Balaban J connectivity index is 2.03. The van der Waals surface area contributed by atoms with Crippen molar-refractivity contribution < 1.29 is 19.1 Å². The van der Waals surface area contributed by atoms with Crippen LogP contribution < -0.4 is 0 Å². The van der Waals surface area contributed by atoms with E-state index in [4.69, 9.17) is 9.47 Å². The van der Waals surface area contributed by atoms with Gasteiger partial charge in [0.2, 0.25) is 0 Å². The maximum atomic E-state index is 11.8. The first kappa shape index (κ1) is 12.2. The maximum Gasteiger partial charge on any atom is 0.410 e. The van der Waals surface area contributed by atoms with Crippen LogP contribution in [0.25, 0.3) is 0 Å². The van der Waals surface area contributed by atoms with Crippen molar-refractivity contribution >= 4 is 12.1 Å². The fourth-order valence-corrected chi connectivity index (χ4v) is 2.97. The standard InChI is InChI=1S/C12H19NO4/c1-3-16-11(14)9-7-8-5-6-10(9)13(8)12(15)17-4-2/h8-10H,3-7H2,1-2H3/t8-,9?,10+/m0/s1. The van der Waals surface area contributed by atoms with Crippen LogP contribution in [-0.2, 0) is 14.3 Å². The van der Waals surface area contributed by atoms with Gasteiger partial charge in [0.1, 0.15) is 0 Å². The van der Waals surface area contributed by atoms with Crippen LogP contribution in [0.1, 0.15) is 33.1 Å². The van der Waals surface area contributed by atoms with Crippen molar-refractivity contribution in [2.45, 2.75) is 45.2 Å². The summed E-state index contributed by atoms with van der Waals surface area (Å²) < 4.78 is 10.1. The van der Waals surface area contributed by atoms with E-state index in [1.54, 1.807) is 18.7 Å². The average Bonchev–Trinajstić information content (AvgIpc) is 2.86. The Labute approximate surface area is 101 Å². The van der Waals surface area contributed by atoms with E-state index in [0.717, 1.165) is 19.3 Å². The number of rotatable bonds is 3. The molecular formula is C12H19NO4. The summed E-state index contributed by atoms with van der Waals surface area (Å²) in [6.07, 6.45) is 2.29. The van der Waals surface area contributed by atoms with Gasteiger partial charge in [0, 0.05) is 12.1 Å². The van der Waals surface area contributed by atoms with Crippen molar-refractivity contribution in [2.75, 3.05) is 13.2 Å². The molecule has 0 aliphatic carbocycles. The zero-order chi connectivity index (χ0) is 12.4. The Hall–Kier alpha value is -1.26. The Morgan fingerprint density at radius 1 is 1.18 bits per heavy atom. The van der Waals surface area contributed by atoms with Gasteiger partial charge in [0.15, 0.2) is 0 Å². The van der Waals surface area contributed by atoms with Gasteiger partial charge >= 0.3 is 12.1 Å². The molecule has 0 aromatic carbocycles. The molecule has 0 saturated carbocycles. The molecule has 2 bridgehead atoms. The molecule has 5 heteroatoms. The quantitative estimate of drug-likeness (QED) is 0.704. The predicted octanol–water partition coefficient (Wildman–Crippen LogP) is 1.56. The minimum Gasteiger partial charge on any atom is -0.466 e. The number of amides is 1. The second-order valence-corrected chi connectivity index (χ2v) is 4.50. The van der Waals surface area contributed by atoms with Gasteiger partial charge in [-0.1, -0.05) is 0 Å². The van der Waals surface area contributed by atoms with E-state index < -0.39 is 0 Å². The van der Waals surface area contributed by atoms with Crippen LogP contribution in [0.4, 0.5) is 4.79 Å². The van der Waals surface area contributed by atoms with Gasteiger partial charge in [-0.05, 0) is 33.1 Å². The van der Waals surface area contributed by atoms with Crippen molar-refractivity contribution in [3.05, 3.63) is 0 Å². The summed E-state index contributed by atoms with van der Waals surface area (Å²) in [4.78, 5) is 25.3. The van der Waals surface area contributed by atoms with Gasteiger partial charge < -0.3 is 14.4 Å². The lowest BCUT2D eigenvalue weighted by Crippen LogP contribution is -2.38. The molecule has 0 aromatic rings. The largest absolute Gasteiger partial charge is 0.466 e. The van der Waals surface area contributed by atoms with Crippen molar-refractivity contribution in [3.8, 4) is 0 Å². The molecule has 0 spiro atoms. The highest BCUT2D eigenvalue weighted by Gasteiger charge is 2.52. The molecule has 2 heterocycles. The van der Waals surface area contributed by atoms with Crippen LogP contribution >= 0.6 is 0 Å². The Morgan fingerprint density at radius 2 is 1.88 bits per heavy atom. The Morgan fingerprint density at radius 3 is 2.53 bits per heavy atom. The molecule has 5 nitrogen and oxygen atoms in total. The fourth-order valence-electron chi connectivity index (χ4n) is 2.97. The van der Waals surface area contributed by atoms with Crippen LogP contribution in [0.5, 0.6) is 0 Å². The number of fused-ring (bicyclic) bond motifs is 2. The minimum atomic E-state index is -0.285. The molecule has 0 radical (unpaired) electrons. The van der Waals surface area contributed by atoms with E-state index >= 15 is 0 Å². The van der Waals surface area contributed by atoms with Crippen molar-refractivity contribution in [1.29, 1.82) is 0 Å². The van der Waals surface area contributed by atoms with Gasteiger partial charge in [-0.2, -0.15) is 0 Å². The summed E-state index contributed by atoms with van der Waals surface area (Å²) in [5, 5.41) is 0. The number of esters is 1. The normalized spacial score (nSPS) is 30.5. The summed E-state index contributed by atoms with van der Waals surface area (Å²) in [5.74, 6) is -0.327. The summed E-state index contributed by atoms with van der Waals surface area (Å²) >= 11 is 0. The highest BCUT2D eigenvalue weighted by atomic mass is 16.6. The highest BCUT2D eigenvalue weighted by molar-refractivity contribution is 5.77. The van der Waals surface area contributed by atoms with E-state index in [-0.39, 0.29) is 30.1 Å². The fraction of sp³-hybridized carbons (Fsp3) is 0.833. The zero-order valence-corrected chi connectivity index (χ0v) is 10.3. The molecule has 3 atom stereocenters. The molecule has 2 aliphatic rings. The second-order valence-electron chi connectivity index (χ2n) is 4.50. The van der Waals surface area contributed by atoms with Gasteiger partial charge in [-0.25, -0.2) is 4.79 Å². The third kappa shape index (κ3) is 2.10. The molecule has 2 rings (SSSR count). The minimum absolute atomic E-state index is 0.0156. The molecule has 2 aliphatic heterocycles. The first-order valence-electron chi connectivity index (χ1n) is 6.30. The van der Waals surface area contributed by atoms with Crippen molar-refractivity contribution in [2.24, 2.45) is 5.92 Å². The van der Waals surface area contributed by atoms with E-state index in [1.165, 1.54) is 0 Å². The molecule has 2 fully saturated rings. The van der Waals surface area contributed by atoms with E-state index in [9.17, 15) is 9.59 Å². The summed E-state index contributed by atoms with van der Waals surface area (Å²) in [7, 11) is 0. The van der Waals surface area contributed by atoms with Gasteiger partial charge in [-0.15, -0.1) is 0 Å². The van der Waals surface area contributed by atoms with Crippen LogP contribution in [-0.4, -0.2) is 42.3 Å². The summed E-state index contributed by atoms with van der Waals surface area (Å²) in [6, 6.07) is 0.145. The Bertz CT molecular complexity index is 318. The molecule has 1 unspecified atom stereocenters. The highest BCUT2D eigenvalue weighted by Crippen LogP contribution is 2.42. The topological polar surface area (TPSA) is 55.8 Å². The molecular weight excluding hydrogens is 222 g/mol. The van der Waals surface area contributed by atoms with Crippen molar-refractivity contribution in [1.82, 2.24) is 4.90 Å². The molecule has 2 saturated heterocycles. The summed E-state index contributed by atoms with van der Waals surface area (Å²) in [5.41, 5.74) is 0. The summed E-state index contributed by atoms with van der Waals surface area (Å²) in [6.45, 7) is 4.36. The lowest BCUT2D eigenvalue weighted by molar-refractivity contribution is -0.148. The van der Waals surface area contributed by atoms with Crippen LogP contribution in [0, 0.1) is 5.92 Å².